The number of rotatable bonds is 4. The van der Waals surface area contributed by atoms with E-state index in [0.29, 0.717) is 6.42 Å². The second kappa shape index (κ2) is 5.19. The Balaban J connectivity index is 2.06. The monoisotopic (exact) mass is 252 g/mol. The van der Waals surface area contributed by atoms with E-state index in [1.54, 1.807) is 11.3 Å². The van der Waals surface area contributed by atoms with Crippen molar-refractivity contribution in [3.8, 4) is 0 Å². The molecule has 1 nitrogen and oxygen atoms in total. The van der Waals surface area contributed by atoms with E-state index >= 15 is 0 Å². The number of hydrogen-bond acceptors (Lipinski definition) is 3. The summed E-state index contributed by atoms with van der Waals surface area (Å²) in [7, 11) is 0. The van der Waals surface area contributed by atoms with Gasteiger partial charge in [0.15, 0.2) is 5.78 Å². The number of ketones is 1. The molecule has 1 aliphatic heterocycles. The number of hydrogen-bond donors (Lipinski definition) is 0. The summed E-state index contributed by atoms with van der Waals surface area (Å²) in [6, 6.07) is 2.10. The molecule has 0 radical (unpaired) electrons. The minimum Gasteiger partial charge on any atom is -0.293 e. The highest BCUT2D eigenvalue weighted by Gasteiger charge is 2.17. The van der Waals surface area contributed by atoms with Crippen molar-refractivity contribution in [3.05, 3.63) is 33.5 Å². The molecule has 1 aliphatic rings. The van der Waals surface area contributed by atoms with Gasteiger partial charge in [-0.15, -0.1) is 17.9 Å². The van der Waals surface area contributed by atoms with Crippen molar-refractivity contribution in [2.75, 3.05) is 5.75 Å². The van der Waals surface area contributed by atoms with Gasteiger partial charge in [-0.25, -0.2) is 0 Å². The quantitative estimate of drug-likeness (QED) is 0.593. The van der Waals surface area contributed by atoms with Crippen molar-refractivity contribution >= 4 is 28.9 Å². The van der Waals surface area contributed by atoms with Gasteiger partial charge in [0.05, 0.1) is 4.88 Å². The molecule has 2 heterocycles. The highest BCUT2D eigenvalue weighted by atomic mass is 32.2. The van der Waals surface area contributed by atoms with Crippen molar-refractivity contribution in [2.45, 2.75) is 31.9 Å². The van der Waals surface area contributed by atoms with Crippen molar-refractivity contribution in [2.24, 2.45) is 0 Å². The number of thioether (sulfide) groups is 1. The summed E-state index contributed by atoms with van der Waals surface area (Å²) in [5, 5.41) is 0. The molecule has 0 fully saturated rings. The lowest BCUT2D eigenvalue weighted by atomic mass is 10.1. The molecule has 0 aliphatic carbocycles. The molecular formula is C13H16OS2. The van der Waals surface area contributed by atoms with E-state index in [0.717, 1.165) is 29.0 Å². The van der Waals surface area contributed by atoms with Gasteiger partial charge < -0.3 is 0 Å². The van der Waals surface area contributed by atoms with Gasteiger partial charge in [0.25, 0.3) is 0 Å². The van der Waals surface area contributed by atoms with Crippen LogP contribution in [0.3, 0.4) is 0 Å². The molecule has 0 spiro atoms. The number of aryl methyl sites for hydroxylation is 1. The van der Waals surface area contributed by atoms with Crippen molar-refractivity contribution < 1.29 is 4.79 Å². The average Bonchev–Trinajstić information content (AvgIpc) is 2.69. The zero-order valence-electron chi connectivity index (χ0n) is 9.54. The fourth-order valence-corrected chi connectivity index (χ4v) is 4.07. The Morgan fingerprint density at radius 1 is 1.50 bits per heavy atom. The third-order valence-corrected chi connectivity index (χ3v) is 4.97. The zero-order chi connectivity index (χ0) is 11.5. The van der Waals surface area contributed by atoms with Gasteiger partial charge in [0, 0.05) is 17.1 Å². The minimum absolute atomic E-state index is 0.285. The fraction of sp³-hybridized carbons (Fsp3) is 0.462. The number of Topliss-reactive ketones (excluding diaryl/α,β-unsaturated/α-hetero) is 1. The molecule has 0 bridgehead atoms. The van der Waals surface area contributed by atoms with Crippen LogP contribution in [-0.4, -0.2) is 11.5 Å². The van der Waals surface area contributed by atoms with E-state index in [-0.39, 0.29) is 5.78 Å². The highest BCUT2D eigenvalue weighted by Crippen LogP contribution is 2.32. The smallest absolute Gasteiger partial charge is 0.173 e. The number of fused-ring (bicyclic) bond motifs is 1. The van der Waals surface area contributed by atoms with Crippen LogP contribution in [0.1, 0.15) is 39.9 Å². The van der Waals surface area contributed by atoms with E-state index < -0.39 is 0 Å². The number of carbonyl (C=O) groups is 1. The lowest BCUT2D eigenvalue weighted by molar-refractivity contribution is 0.0986. The zero-order valence-corrected chi connectivity index (χ0v) is 11.2. The molecule has 0 atom stereocenters. The Bertz CT molecular complexity index is 394. The summed E-state index contributed by atoms with van der Waals surface area (Å²) >= 11 is 3.66. The summed E-state index contributed by atoms with van der Waals surface area (Å²) in [6.45, 7) is 5.81. The second-order valence-corrected chi connectivity index (χ2v) is 6.48. The maximum absolute atomic E-state index is 11.9. The lowest BCUT2D eigenvalue weighted by Gasteiger charge is -2.08. The van der Waals surface area contributed by atoms with E-state index in [2.05, 4.69) is 12.6 Å². The van der Waals surface area contributed by atoms with Gasteiger partial charge in [-0.1, -0.05) is 5.57 Å². The Morgan fingerprint density at radius 3 is 3.00 bits per heavy atom. The maximum atomic E-state index is 11.9. The molecule has 16 heavy (non-hydrogen) atoms. The van der Waals surface area contributed by atoms with Crippen LogP contribution < -0.4 is 0 Å². The summed E-state index contributed by atoms with van der Waals surface area (Å²) in [6.07, 6.45) is 2.57. The summed E-state index contributed by atoms with van der Waals surface area (Å²) in [5.41, 5.74) is 2.48. The van der Waals surface area contributed by atoms with Crippen LogP contribution in [0.2, 0.25) is 0 Å². The number of thiophene rings is 1. The third-order valence-electron chi connectivity index (χ3n) is 2.68. The van der Waals surface area contributed by atoms with Gasteiger partial charge in [-0.05, 0) is 37.1 Å². The second-order valence-electron chi connectivity index (χ2n) is 4.24. The maximum Gasteiger partial charge on any atom is 0.173 e. The van der Waals surface area contributed by atoms with Crippen LogP contribution in [0.15, 0.2) is 18.2 Å². The molecule has 0 saturated heterocycles. The van der Waals surface area contributed by atoms with Crippen LogP contribution in [0.25, 0.3) is 0 Å². The van der Waals surface area contributed by atoms with E-state index in [1.807, 2.05) is 18.7 Å². The van der Waals surface area contributed by atoms with Crippen LogP contribution in [-0.2, 0) is 12.2 Å². The molecule has 0 N–H and O–H groups in total. The first-order chi connectivity index (χ1) is 7.66. The molecule has 1 aromatic heterocycles. The Kier molecular flexibility index (Phi) is 3.87. The largest absolute Gasteiger partial charge is 0.293 e. The standard InChI is InChI=1S/C13H16OS2/c1-9(2)3-4-11(14)13-7-10-8-15-6-5-12(10)16-13/h7H,1,3-6,8H2,2H3. The first kappa shape index (κ1) is 11.9. The van der Waals surface area contributed by atoms with Gasteiger partial charge in [0.2, 0.25) is 0 Å². The van der Waals surface area contributed by atoms with E-state index in [1.165, 1.54) is 16.2 Å². The van der Waals surface area contributed by atoms with Crippen LogP contribution in [0.4, 0.5) is 0 Å². The van der Waals surface area contributed by atoms with E-state index in [9.17, 15) is 4.79 Å². The molecule has 86 valence electrons. The normalized spacial score (nSPS) is 14.6. The first-order valence-corrected chi connectivity index (χ1v) is 7.51. The fourth-order valence-electron chi connectivity index (χ4n) is 1.73. The van der Waals surface area contributed by atoms with Crippen LogP contribution >= 0.6 is 23.1 Å². The molecule has 1 aromatic rings. The van der Waals surface area contributed by atoms with Crippen molar-refractivity contribution in [1.82, 2.24) is 0 Å². The van der Waals surface area contributed by atoms with E-state index in [4.69, 9.17) is 0 Å². The summed E-state index contributed by atoms with van der Waals surface area (Å²) < 4.78 is 0. The Morgan fingerprint density at radius 2 is 2.31 bits per heavy atom. The highest BCUT2D eigenvalue weighted by molar-refractivity contribution is 7.98. The average molecular weight is 252 g/mol. The third kappa shape index (κ3) is 2.77. The van der Waals surface area contributed by atoms with Gasteiger partial charge in [-0.3, -0.25) is 4.79 Å². The lowest BCUT2D eigenvalue weighted by Crippen LogP contribution is -1.96. The van der Waals surface area contributed by atoms with Gasteiger partial charge in [0.1, 0.15) is 0 Å². The Labute approximate surface area is 105 Å². The van der Waals surface area contributed by atoms with Crippen molar-refractivity contribution in [1.29, 1.82) is 0 Å². The van der Waals surface area contributed by atoms with Crippen molar-refractivity contribution in [3.63, 3.8) is 0 Å². The predicted octanol–water partition coefficient (Wildman–Crippen LogP) is 4.08. The molecule has 0 saturated carbocycles. The summed E-state index contributed by atoms with van der Waals surface area (Å²) in [4.78, 5) is 14.3. The molecular weight excluding hydrogens is 236 g/mol. The first-order valence-electron chi connectivity index (χ1n) is 5.53. The predicted molar refractivity (Wildman–Crippen MR) is 72.6 cm³/mol. The Hall–Kier alpha value is -0.540. The SMILES string of the molecule is C=C(C)CCC(=O)c1cc2c(s1)CCSC2. The minimum atomic E-state index is 0.285. The summed E-state index contributed by atoms with van der Waals surface area (Å²) in [5.74, 6) is 2.57. The van der Waals surface area contributed by atoms with Crippen LogP contribution in [0.5, 0.6) is 0 Å². The molecule has 0 amide bonds. The number of carbonyl (C=O) groups excluding carboxylic acids is 1. The molecule has 2 rings (SSSR count). The van der Waals surface area contributed by atoms with Gasteiger partial charge in [-0.2, -0.15) is 11.8 Å². The molecule has 0 aromatic carbocycles. The van der Waals surface area contributed by atoms with Gasteiger partial charge >= 0.3 is 0 Å². The number of allylic oxidation sites excluding steroid dienone is 1. The topological polar surface area (TPSA) is 17.1 Å². The molecule has 3 heteroatoms. The van der Waals surface area contributed by atoms with Crippen LogP contribution in [0, 0.1) is 0 Å². The molecule has 0 unspecified atom stereocenters.